The Morgan fingerprint density at radius 3 is 2.42 bits per heavy atom. The number of aromatic amines is 1. The number of hydrogen-bond acceptors (Lipinski definition) is 2. The summed E-state index contributed by atoms with van der Waals surface area (Å²) in [5.74, 6) is 0.598. The van der Waals surface area contributed by atoms with E-state index in [0.29, 0.717) is 18.9 Å². The number of nitrogens with one attached hydrogen (secondary N) is 1. The van der Waals surface area contributed by atoms with Crippen LogP contribution in [0.15, 0.2) is 60.7 Å². The van der Waals surface area contributed by atoms with E-state index in [1.165, 1.54) is 16.6 Å². The SMILES string of the molecule is O=C(C(c1ccccc1)N1CCCCC1=O)N1CCC(c2cc3ccccc3[nH]2)CC1. The predicted molar refractivity (Wildman–Crippen MR) is 122 cm³/mol. The predicted octanol–water partition coefficient (Wildman–Crippen LogP) is 4.63. The number of fused-ring (bicyclic) bond motifs is 1. The summed E-state index contributed by atoms with van der Waals surface area (Å²) in [5, 5.41) is 1.24. The molecule has 31 heavy (non-hydrogen) atoms. The summed E-state index contributed by atoms with van der Waals surface area (Å²) in [6.07, 6.45) is 4.30. The molecule has 1 atom stereocenters. The number of aromatic nitrogens is 1. The summed E-state index contributed by atoms with van der Waals surface area (Å²) in [6.45, 7) is 2.12. The normalized spacial score (nSPS) is 19.0. The zero-order chi connectivity index (χ0) is 21.2. The van der Waals surface area contributed by atoms with Gasteiger partial charge in [-0.05, 0) is 48.8 Å². The summed E-state index contributed by atoms with van der Waals surface area (Å²) in [5.41, 5.74) is 3.35. The maximum absolute atomic E-state index is 13.7. The lowest BCUT2D eigenvalue weighted by Crippen LogP contribution is -2.49. The number of benzene rings is 2. The molecular formula is C26H29N3O2. The average Bonchev–Trinajstić information content (AvgIpc) is 3.26. The highest BCUT2D eigenvalue weighted by molar-refractivity contribution is 5.89. The lowest BCUT2D eigenvalue weighted by atomic mass is 9.92. The molecule has 5 rings (SSSR count). The number of likely N-dealkylation sites (tertiary alicyclic amines) is 2. The molecule has 1 aromatic heterocycles. The second-order valence-corrected chi connectivity index (χ2v) is 8.77. The molecule has 2 amide bonds. The summed E-state index contributed by atoms with van der Waals surface area (Å²) in [4.78, 5) is 33.7. The number of piperidine rings is 2. The van der Waals surface area contributed by atoms with Crippen LogP contribution in [-0.2, 0) is 9.59 Å². The van der Waals surface area contributed by atoms with Gasteiger partial charge in [0.05, 0.1) is 0 Å². The summed E-state index contributed by atoms with van der Waals surface area (Å²) in [6, 6.07) is 19.9. The first-order valence-corrected chi connectivity index (χ1v) is 11.4. The van der Waals surface area contributed by atoms with Gasteiger partial charge in [-0.15, -0.1) is 0 Å². The standard InChI is InChI=1S/C26H29N3O2/c30-24-12-6-7-15-29(24)25(20-8-2-1-3-9-20)26(31)28-16-13-19(14-17-28)23-18-21-10-4-5-11-22(21)27-23/h1-5,8-11,18-19,25,27H,6-7,12-17H2. The summed E-state index contributed by atoms with van der Waals surface area (Å²) < 4.78 is 0. The number of hydrogen-bond donors (Lipinski definition) is 1. The number of carbonyl (C=O) groups is 2. The fraction of sp³-hybridized carbons (Fsp3) is 0.385. The van der Waals surface area contributed by atoms with E-state index in [1.807, 2.05) is 40.1 Å². The maximum Gasteiger partial charge on any atom is 0.250 e. The third-order valence-corrected chi connectivity index (χ3v) is 6.82. The number of carbonyl (C=O) groups excluding carboxylic acids is 2. The Hall–Kier alpha value is -3.08. The maximum atomic E-state index is 13.7. The van der Waals surface area contributed by atoms with E-state index < -0.39 is 6.04 Å². The van der Waals surface area contributed by atoms with E-state index in [2.05, 4.69) is 35.3 Å². The highest BCUT2D eigenvalue weighted by Crippen LogP contribution is 2.33. The van der Waals surface area contributed by atoms with Crippen LogP contribution in [-0.4, -0.2) is 46.2 Å². The largest absolute Gasteiger partial charge is 0.358 e. The van der Waals surface area contributed by atoms with Crippen molar-refractivity contribution in [3.63, 3.8) is 0 Å². The minimum atomic E-state index is -0.501. The highest BCUT2D eigenvalue weighted by atomic mass is 16.2. The second-order valence-electron chi connectivity index (χ2n) is 8.77. The van der Waals surface area contributed by atoms with Crippen molar-refractivity contribution in [1.82, 2.24) is 14.8 Å². The van der Waals surface area contributed by atoms with E-state index >= 15 is 0 Å². The molecular weight excluding hydrogens is 386 g/mol. The molecule has 0 aliphatic carbocycles. The smallest absolute Gasteiger partial charge is 0.250 e. The van der Waals surface area contributed by atoms with Crippen molar-refractivity contribution in [2.24, 2.45) is 0 Å². The number of para-hydroxylation sites is 1. The van der Waals surface area contributed by atoms with Crippen LogP contribution < -0.4 is 0 Å². The third kappa shape index (κ3) is 3.97. The highest BCUT2D eigenvalue weighted by Gasteiger charge is 2.36. The number of rotatable bonds is 4. The minimum Gasteiger partial charge on any atom is -0.358 e. The molecule has 0 saturated carbocycles. The first-order chi connectivity index (χ1) is 15.2. The zero-order valence-electron chi connectivity index (χ0n) is 17.8. The molecule has 1 unspecified atom stereocenters. The van der Waals surface area contributed by atoms with Crippen LogP contribution in [0.3, 0.4) is 0 Å². The Morgan fingerprint density at radius 2 is 1.68 bits per heavy atom. The van der Waals surface area contributed by atoms with Crippen LogP contribution in [0.5, 0.6) is 0 Å². The molecule has 1 N–H and O–H groups in total. The van der Waals surface area contributed by atoms with Gasteiger partial charge in [-0.1, -0.05) is 48.5 Å². The van der Waals surface area contributed by atoms with Crippen LogP contribution in [0.1, 0.15) is 55.3 Å². The molecule has 2 aromatic carbocycles. The molecule has 5 heteroatoms. The van der Waals surface area contributed by atoms with Gasteiger partial charge in [-0.2, -0.15) is 0 Å². The number of nitrogens with zero attached hydrogens (tertiary/aromatic N) is 2. The Balaban J connectivity index is 1.32. The molecule has 2 aliphatic heterocycles. The van der Waals surface area contributed by atoms with Gasteiger partial charge in [-0.3, -0.25) is 9.59 Å². The van der Waals surface area contributed by atoms with Crippen molar-refractivity contribution in [3.8, 4) is 0 Å². The van der Waals surface area contributed by atoms with Gasteiger partial charge >= 0.3 is 0 Å². The molecule has 0 spiro atoms. The van der Waals surface area contributed by atoms with Crippen LogP contribution in [0, 0.1) is 0 Å². The Labute approximate surface area is 183 Å². The van der Waals surface area contributed by atoms with Crippen LogP contribution in [0.4, 0.5) is 0 Å². The van der Waals surface area contributed by atoms with Crippen molar-refractivity contribution in [2.75, 3.05) is 19.6 Å². The van der Waals surface area contributed by atoms with Gasteiger partial charge in [-0.25, -0.2) is 0 Å². The zero-order valence-corrected chi connectivity index (χ0v) is 17.8. The van der Waals surface area contributed by atoms with Gasteiger partial charge in [0, 0.05) is 43.2 Å². The van der Waals surface area contributed by atoms with E-state index in [9.17, 15) is 9.59 Å². The summed E-state index contributed by atoms with van der Waals surface area (Å²) in [7, 11) is 0. The topological polar surface area (TPSA) is 56.4 Å². The van der Waals surface area contributed by atoms with E-state index in [-0.39, 0.29) is 11.8 Å². The molecule has 160 valence electrons. The second kappa shape index (κ2) is 8.58. The van der Waals surface area contributed by atoms with Gasteiger partial charge < -0.3 is 14.8 Å². The van der Waals surface area contributed by atoms with E-state index in [1.54, 1.807) is 0 Å². The lowest BCUT2D eigenvalue weighted by molar-refractivity contribution is -0.148. The van der Waals surface area contributed by atoms with Gasteiger partial charge in [0.15, 0.2) is 0 Å². The fourth-order valence-electron chi connectivity index (χ4n) is 5.09. The molecule has 2 aliphatic rings. The Bertz CT molecular complexity index is 1030. The quantitative estimate of drug-likeness (QED) is 0.676. The van der Waals surface area contributed by atoms with Crippen molar-refractivity contribution in [1.29, 1.82) is 0 Å². The molecule has 3 aromatic rings. The lowest BCUT2D eigenvalue weighted by Gasteiger charge is -2.39. The van der Waals surface area contributed by atoms with E-state index in [4.69, 9.17) is 0 Å². The Morgan fingerprint density at radius 1 is 0.935 bits per heavy atom. The molecule has 2 saturated heterocycles. The molecule has 3 heterocycles. The molecule has 0 radical (unpaired) electrons. The van der Waals surface area contributed by atoms with Crippen molar-refractivity contribution >= 4 is 22.7 Å². The van der Waals surface area contributed by atoms with Crippen LogP contribution in [0.25, 0.3) is 10.9 Å². The van der Waals surface area contributed by atoms with Crippen LogP contribution >= 0.6 is 0 Å². The van der Waals surface area contributed by atoms with Crippen molar-refractivity contribution in [2.45, 2.75) is 44.1 Å². The molecule has 0 bridgehead atoms. The van der Waals surface area contributed by atoms with Crippen molar-refractivity contribution in [3.05, 3.63) is 71.9 Å². The summed E-state index contributed by atoms with van der Waals surface area (Å²) >= 11 is 0. The van der Waals surface area contributed by atoms with Gasteiger partial charge in [0.2, 0.25) is 11.8 Å². The third-order valence-electron chi connectivity index (χ3n) is 6.82. The Kier molecular flexibility index (Phi) is 5.49. The number of amides is 2. The average molecular weight is 416 g/mol. The first kappa shape index (κ1) is 19.9. The van der Waals surface area contributed by atoms with Gasteiger partial charge in [0.1, 0.15) is 6.04 Å². The monoisotopic (exact) mass is 415 g/mol. The molecule has 5 nitrogen and oxygen atoms in total. The van der Waals surface area contributed by atoms with E-state index in [0.717, 1.165) is 44.3 Å². The minimum absolute atomic E-state index is 0.0662. The van der Waals surface area contributed by atoms with Crippen molar-refractivity contribution < 1.29 is 9.59 Å². The van der Waals surface area contributed by atoms with Crippen LogP contribution in [0.2, 0.25) is 0 Å². The van der Waals surface area contributed by atoms with Gasteiger partial charge in [0.25, 0.3) is 0 Å². The fourth-order valence-corrected chi connectivity index (χ4v) is 5.09. The number of H-pyrrole nitrogens is 1. The first-order valence-electron chi connectivity index (χ1n) is 11.4. The molecule has 2 fully saturated rings.